The summed E-state index contributed by atoms with van der Waals surface area (Å²) in [6.07, 6.45) is 3.15. The molecule has 0 saturated carbocycles. The normalized spacial score (nSPS) is 14.3. The maximum atomic E-state index is 12.6. The second-order valence-electron chi connectivity index (χ2n) is 6.11. The third kappa shape index (κ3) is 4.02. The van der Waals surface area contributed by atoms with Gasteiger partial charge >= 0.3 is 5.97 Å². The second-order valence-corrected chi connectivity index (χ2v) is 7.65. The highest BCUT2D eigenvalue weighted by Crippen LogP contribution is 2.38. The summed E-state index contributed by atoms with van der Waals surface area (Å²) < 4.78 is 10.6. The van der Waals surface area contributed by atoms with E-state index in [-0.39, 0.29) is 5.91 Å². The van der Waals surface area contributed by atoms with Crippen molar-refractivity contribution in [1.82, 2.24) is 0 Å². The zero-order valence-electron chi connectivity index (χ0n) is 14.6. The van der Waals surface area contributed by atoms with Gasteiger partial charge in [-0.3, -0.25) is 4.79 Å². The molecule has 1 heterocycles. The Morgan fingerprint density at radius 2 is 2.04 bits per heavy atom. The van der Waals surface area contributed by atoms with Crippen LogP contribution in [0.1, 0.15) is 40.6 Å². The molecule has 138 valence electrons. The number of carbonyl (C=O) groups excluding carboxylic acids is 2. The maximum absolute atomic E-state index is 12.6. The molecular formula is C19H20ClNO4S. The standard InChI is InChI=1S/C19H20ClNO4S/c1-11(25-13-7-5-6-12(20)10-13)17(22)21-18-16(19(23)24-2)14-8-3-4-9-15(14)26-18/h5-7,10-11H,3-4,8-9H2,1-2H3,(H,21,22). The van der Waals surface area contributed by atoms with Crippen molar-refractivity contribution in [3.63, 3.8) is 0 Å². The number of rotatable bonds is 5. The monoisotopic (exact) mass is 393 g/mol. The number of benzene rings is 1. The zero-order valence-corrected chi connectivity index (χ0v) is 16.2. The topological polar surface area (TPSA) is 64.6 Å². The van der Waals surface area contributed by atoms with Gasteiger partial charge in [0.25, 0.3) is 5.91 Å². The predicted octanol–water partition coefficient (Wildman–Crippen LogP) is 4.47. The maximum Gasteiger partial charge on any atom is 0.341 e. The molecule has 1 amide bonds. The van der Waals surface area contributed by atoms with E-state index in [1.807, 2.05) is 0 Å². The van der Waals surface area contributed by atoms with Crippen LogP contribution in [-0.2, 0) is 22.4 Å². The van der Waals surface area contributed by atoms with Gasteiger partial charge < -0.3 is 14.8 Å². The Morgan fingerprint density at radius 3 is 2.77 bits per heavy atom. The fourth-order valence-electron chi connectivity index (χ4n) is 2.98. The van der Waals surface area contributed by atoms with Crippen molar-refractivity contribution < 1.29 is 19.1 Å². The zero-order chi connectivity index (χ0) is 18.7. The summed E-state index contributed by atoms with van der Waals surface area (Å²) in [4.78, 5) is 25.9. The van der Waals surface area contributed by atoms with E-state index in [1.54, 1.807) is 31.2 Å². The van der Waals surface area contributed by atoms with Crippen LogP contribution in [0.3, 0.4) is 0 Å². The summed E-state index contributed by atoms with van der Waals surface area (Å²) in [6, 6.07) is 6.87. The Hall–Kier alpha value is -2.05. The van der Waals surface area contributed by atoms with E-state index >= 15 is 0 Å². The third-order valence-electron chi connectivity index (χ3n) is 4.28. The van der Waals surface area contributed by atoms with E-state index in [9.17, 15) is 9.59 Å². The molecule has 1 N–H and O–H groups in total. The van der Waals surface area contributed by atoms with E-state index < -0.39 is 12.1 Å². The fourth-order valence-corrected chi connectivity index (χ4v) is 4.44. The van der Waals surface area contributed by atoms with Gasteiger partial charge in [0.05, 0.1) is 12.7 Å². The number of anilines is 1. The Bertz CT molecular complexity index is 833. The number of halogens is 1. The first-order chi connectivity index (χ1) is 12.5. The number of amides is 1. The van der Waals surface area contributed by atoms with Gasteiger partial charge in [0.1, 0.15) is 10.8 Å². The fraction of sp³-hybridized carbons (Fsp3) is 0.368. The molecule has 1 aliphatic rings. The molecule has 1 aromatic heterocycles. The van der Waals surface area contributed by atoms with E-state index in [4.69, 9.17) is 21.1 Å². The van der Waals surface area contributed by atoms with Crippen LogP contribution in [0.25, 0.3) is 0 Å². The number of esters is 1. The molecule has 0 saturated heterocycles. The van der Waals surface area contributed by atoms with Gasteiger partial charge in [-0.1, -0.05) is 17.7 Å². The van der Waals surface area contributed by atoms with Crippen molar-refractivity contribution in [2.45, 2.75) is 38.7 Å². The van der Waals surface area contributed by atoms with E-state index in [0.29, 0.717) is 21.3 Å². The van der Waals surface area contributed by atoms with Gasteiger partial charge in [0.15, 0.2) is 6.10 Å². The van der Waals surface area contributed by atoms with Crippen LogP contribution in [0.4, 0.5) is 5.00 Å². The summed E-state index contributed by atoms with van der Waals surface area (Å²) in [7, 11) is 1.35. The van der Waals surface area contributed by atoms with Gasteiger partial charge in [-0.05, 0) is 56.4 Å². The number of hydrogen-bond donors (Lipinski definition) is 1. The largest absolute Gasteiger partial charge is 0.481 e. The van der Waals surface area contributed by atoms with Crippen molar-refractivity contribution in [1.29, 1.82) is 0 Å². The van der Waals surface area contributed by atoms with Crippen molar-refractivity contribution in [2.75, 3.05) is 12.4 Å². The average Bonchev–Trinajstić information content (AvgIpc) is 2.98. The first-order valence-electron chi connectivity index (χ1n) is 8.45. The molecule has 0 aliphatic heterocycles. The van der Waals surface area contributed by atoms with Crippen LogP contribution in [0, 0.1) is 0 Å². The minimum Gasteiger partial charge on any atom is -0.481 e. The molecule has 0 bridgehead atoms. The minimum atomic E-state index is -0.738. The molecule has 1 atom stereocenters. The van der Waals surface area contributed by atoms with E-state index in [2.05, 4.69) is 5.32 Å². The molecule has 26 heavy (non-hydrogen) atoms. The molecular weight excluding hydrogens is 374 g/mol. The number of carbonyl (C=O) groups is 2. The lowest BCUT2D eigenvalue weighted by Crippen LogP contribution is -2.30. The second kappa shape index (κ2) is 8.10. The highest BCUT2D eigenvalue weighted by Gasteiger charge is 2.28. The number of hydrogen-bond acceptors (Lipinski definition) is 5. The number of thiophene rings is 1. The number of fused-ring (bicyclic) bond motifs is 1. The van der Waals surface area contributed by atoms with Crippen molar-refractivity contribution in [2.24, 2.45) is 0 Å². The Balaban J connectivity index is 1.78. The minimum absolute atomic E-state index is 0.325. The lowest BCUT2D eigenvalue weighted by molar-refractivity contribution is -0.122. The molecule has 3 rings (SSSR count). The third-order valence-corrected chi connectivity index (χ3v) is 5.72. The number of aryl methyl sites for hydroxylation is 1. The van der Waals surface area contributed by atoms with Crippen molar-refractivity contribution in [3.05, 3.63) is 45.3 Å². The van der Waals surface area contributed by atoms with Gasteiger partial charge in [-0.2, -0.15) is 0 Å². The molecule has 0 radical (unpaired) electrons. The molecule has 1 aromatic carbocycles. The summed E-state index contributed by atoms with van der Waals surface area (Å²) in [6.45, 7) is 1.65. The molecule has 2 aromatic rings. The summed E-state index contributed by atoms with van der Waals surface area (Å²) in [5, 5.41) is 3.91. The molecule has 0 fully saturated rings. The Labute approximate surface area is 161 Å². The first-order valence-corrected chi connectivity index (χ1v) is 9.65. The predicted molar refractivity (Wildman–Crippen MR) is 102 cm³/mol. The molecule has 1 unspecified atom stereocenters. The first kappa shape index (κ1) is 18.7. The van der Waals surface area contributed by atoms with Crippen molar-refractivity contribution >= 4 is 39.8 Å². The van der Waals surface area contributed by atoms with Crippen LogP contribution >= 0.6 is 22.9 Å². The molecule has 1 aliphatic carbocycles. The Morgan fingerprint density at radius 1 is 1.27 bits per heavy atom. The van der Waals surface area contributed by atoms with E-state index in [1.165, 1.54) is 18.4 Å². The number of ether oxygens (including phenoxy) is 2. The van der Waals surface area contributed by atoms with E-state index in [0.717, 1.165) is 36.1 Å². The SMILES string of the molecule is COC(=O)c1c(NC(=O)C(C)Oc2cccc(Cl)c2)sc2c1CCCC2. The highest BCUT2D eigenvalue weighted by atomic mass is 35.5. The average molecular weight is 394 g/mol. The molecule has 7 heteroatoms. The van der Waals surface area contributed by atoms with Crippen LogP contribution in [0.2, 0.25) is 5.02 Å². The van der Waals surface area contributed by atoms with Crippen molar-refractivity contribution in [3.8, 4) is 5.75 Å². The lowest BCUT2D eigenvalue weighted by Gasteiger charge is -2.15. The van der Waals surface area contributed by atoms with Crippen LogP contribution in [0.15, 0.2) is 24.3 Å². The van der Waals surface area contributed by atoms with Crippen LogP contribution in [-0.4, -0.2) is 25.1 Å². The van der Waals surface area contributed by atoms with Gasteiger partial charge in [-0.25, -0.2) is 4.79 Å². The number of nitrogens with one attached hydrogen (secondary N) is 1. The van der Waals surface area contributed by atoms with Gasteiger partial charge in [0, 0.05) is 9.90 Å². The smallest absolute Gasteiger partial charge is 0.341 e. The lowest BCUT2D eigenvalue weighted by atomic mass is 9.95. The van der Waals surface area contributed by atoms with Crippen LogP contribution < -0.4 is 10.1 Å². The molecule has 5 nitrogen and oxygen atoms in total. The summed E-state index contributed by atoms with van der Waals surface area (Å²) in [5.74, 6) is -0.226. The van der Waals surface area contributed by atoms with Gasteiger partial charge in [0.2, 0.25) is 0 Å². The Kier molecular flexibility index (Phi) is 5.84. The summed E-state index contributed by atoms with van der Waals surface area (Å²) >= 11 is 7.39. The van der Waals surface area contributed by atoms with Crippen LogP contribution in [0.5, 0.6) is 5.75 Å². The highest BCUT2D eigenvalue weighted by molar-refractivity contribution is 7.17. The summed E-state index contributed by atoms with van der Waals surface area (Å²) in [5.41, 5.74) is 1.49. The molecule has 0 spiro atoms. The quantitative estimate of drug-likeness (QED) is 0.761. The number of methoxy groups -OCH3 is 1. The van der Waals surface area contributed by atoms with Gasteiger partial charge in [-0.15, -0.1) is 11.3 Å².